The Balaban J connectivity index is 1.33. The Kier molecular flexibility index (Phi) is 7.92. The summed E-state index contributed by atoms with van der Waals surface area (Å²) in [5, 5.41) is 6.98. The third-order valence-electron chi connectivity index (χ3n) is 7.04. The van der Waals surface area contributed by atoms with Gasteiger partial charge < -0.3 is 25.0 Å². The predicted octanol–water partition coefficient (Wildman–Crippen LogP) is 5.57. The van der Waals surface area contributed by atoms with Gasteiger partial charge in [0.15, 0.2) is 11.5 Å². The molecule has 11 heteroatoms. The summed E-state index contributed by atoms with van der Waals surface area (Å²) in [4.78, 5) is 46.6. The molecule has 1 saturated heterocycles. The number of nitrogens with one attached hydrogen (secondary N) is 2. The van der Waals surface area contributed by atoms with E-state index >= 15 is 0 Å². The molecule has 5 rings (SSSR count). The molecule has 2 N–H and O–H groups in total. The molecule has 1 aromatic heterocycles. The molecule has 0 saturated carbocycles. The first-order valence-electron chi connectivity index (χ1n) is 13.3. The topological polar surface area (TPSA) is 113 Å². The van der Waals surface area contributed by atoms with E-state index < -0.39 is 29.6 Å². The number of carbonyl (C=O) groups excluding carboxylic acids is 3. The lowest BCUT2D eigenvalue weighted by molar-refractivity contribution is -0.132. The second-order valence-electron chi connectivity index (χ2n) is 10.0. The van der Waals surface area contributed by atoms with Crippen molar-refractivity contribution in [1.29, 1.82) is 0 Å². The van der Waals surface area contributed by atoms with Crippen LogP contribution in [0.15, 0.2) is 72.9 Å². The molecule has 0 radical (unpaired) electrons. The Hall–Kier alpha value is -5.19. The molecular formula is C31H30FN5O5. The SMILES string of the molecule is COc1cc2nccc(Nc3ccc(NC(=O)C4CN(C(C)C)C(=O)N(c5ccc(F)cc5)C4=O)cc3)c2cc1OC. The maximum atomic E-state index is 13.5. The molecule has 4 amide bonds. The molecule has 1 atom stereocenters. The summed E-state index contributed by atoms with van der Waals surface area (Å²) in [7, 11) is 3.14. The minimum Gasteiger partial charge on any atom is -0.493 e. The van der Waals surface area contributed by atoms with Crippen LogP contribution in [0.4, 0.5) is 31.9 Å². The van der Waals surface area contributed by atoms with Gasteiger partial charge in [-0.05, 0) is 74.5 Å². The third kappa shape index (κ3) is 5.53. The molecule has 1 aliphatic heterocycles. The molecule has 2 heterocycles. The van der Waals surface area contributed by atoms with Crippen molar-refractivity contribution in [2.24, 2.45) is 5.92 Å². The molecule has 1 unspecified atom stereocenters. The van der Waals surface area contributed by atoms with Crippen molar-refractivity contribution in [2.75, 3.05) is 36.3 Å². The molecule has 1 fully saturated rings. The Morgan fingerprint density at radius 3 is 2.24 bits per heavy atom. The molecule has 3 aromatic carbocycles. The fourth-order valence-corrected chi connectivity index (χ4v) is 4.79. The van der Waals surface area contributed by atoms with Gasteiger partial charge in [-0.2, -0.15) is 0 Å². The number of imide groups is 1. The van der Waals surface area contributed by atoms with Gasteiger partial charge in [0.2, 0.25) is 11.8 Å². The minimum absolute atomic E-state index is 0.0676. The number of ether oxygens (including phenoxy) is 2. The van der Waals surface area contributed by atoms with Crippen LogP contribution in [0.25, 0.3) is 10.9 Å². The van der Waals surface area contributed by atoms with Crippen molar-refractivity contribution in [1.82, 2.24) is 9.88 Å². The number of nitrogens with zero attached hydrogens (tertiary/aromatic N) is 3. The van der Waals surface area contributed by atoms with Gasteiger partial charge in [-0.1, -0.05) is 0 Å². The Bertz CT molecular complexity index is 1640. The van der Waals surface area contributed by atoms with Gasteiger partial charge in [-0.3, -0.25) is 14.6 Å². The molecular weight excluding hydrogens is 541 g/mol. The highest BCUT2D eigenvalue weighted by Gasteiger charge is 2.44. The van der Waals surface area contributed by atoms with Gasteiger partial charge in [-0.25, -0.2) is 14.1 Å². The molecule has 216 valence electrons. The maximum absolute atomic E-state index is 13.5. The zero-order valence-corrected chi connectivity index (χ0v) is 23.6. The fourth-order valence-electron chi connectivity index (χ4n) is 4.79. The average molecular weight is 572 g/mol. The molecule has 10 nitrogen and oxygen atoms in total. The zero-order valence-electron chi connectivity index (χ0n) is 23.6. The number of halogens is 1. The van der Waals surface area contributed by atoms with Gasteiger partial charge in [0.25, 0.3) is 0 Å². The van der Waals surface area contributed by atoms with Gasteiger partial charge >= 0.3 is 6.03 Å². The summed E-state index contributed by atoms with van der Waals surface area (Å²) in [5.41, 5.74) is 2.95. The van der Waals surface area contributed by atoms with E-state index in [4.69, 9.17) is 9.47 Å². The van der Waals surface area contributed by atoms with Crippen molar-refractivity contribution < 1.29 is 28.2 Å². The highest BCUT2D eigenvalue weighted by molar-refractivity contribution is 6.23. The van der Waals surface area contributed by atoms with Crippen molar-refractivity contribution in [2.45, 2.75) is 19.9 Å². The number of rotatable bonds is 8. The van der Waals surface area contributed by atoms with E-state index in [9.17, 15) is 18.8 Å². The first-order chi connectivity index (χ1) is 20.2. The number of fused-ring (bicyclic) bond motifs is 1. The molecule has 1 aliphatic rings. The number of anilines is 4. The molecule has 0 spiro atoms. The highest BCUT2D eigenvalue weighted by Crippen LogP contribution is 2.35. The van der Waals surface area contributed by atoms with E-state index in [-0.39, 0.29) is 18.3 Å². The van der Waals surface area contributed by atoms with Gasteiger partial charge in [-0.15, -0.1) is 0 Å². The quantitative estimate of drug-likeness (QED) is 0.266. The van der Waals surface area contributed by atoms with Crippen LogP contribution in [0.5, 0.6) is 11.5 Å². The van der Waals surface area contributed by atoms with E-state index in [2.05, 4.69) is 15.6 Å². The van der Waals surface area contributed by atoms with Crippen LogP contribution in [-0.2, 0) is 9.59 Å². The lowest BCUT2D eigenvalue weighted by Crippen LogP contribution is -2.61. The van der Waals surface area contributed by atoms with Crippen LogP contribution in [0.3, 0.4) is 0 Å². The number of hydrogen-bond acceptors (Lipinski definition) is 7. The maximum Gasteiger partial charge on any atom is 0.331 e. The summed E-state index contributed by atoms with van der Waals surface area (Å²) in [6, 6.07) is 16.7. The normalized spacial score (nSPS) is 15.2. The second kappa shape index (κ2) is 11.7. The highest BCUT2D eigenvalue weighted by atomic mass is 19.1. The van der Waals surface area contributed by atoms with Crippen LogP contribution in [0.2, 0.25) is 0 Å². The van der Waals surface area contributed by atoms with Crippen LogP contribution in [0.1, 0.15) is 13.8 Å². The lowest BCUT2D eigenvalue weighted by atomic mass is 10.0. The van der Waals surface area contributed by atoms with Crippen molar-refractivity contribution >= 4 is 51.5 Å². The zero-order chi connectivity index (χ0) is 30.0. The summed E-state index contributed by atoms with van der Waals surface area (Å²) in [6.45, 7) is 3.54. The van der Waals surface area contributed by atoms with E-state index in [0.29, 0.717) is 17.2 Å². The Morgan fingerprint density at radius 1 is 0.952 bits per heavy atom. The van der Waals surface area contributed by atoms with E-state index in [1.54, 1.807) is 64.6 Å². The van der Waals surface area contributed by atoms with E-state index in [0.717, 1.165) is 39.3 Å². The Labute approximate surface area is 242 Å². The molecule has 0 aliphatic carbocycles. The summed E-state index contributed by atoms with van der Waals surface area (Å²) >= 11 is 0. The number of methoxy groups -OCH3 is 2. The number of amides is 4. The van der Waals surface area contributed by atoms with Crippen molar-refractivity contribution in [3.05, 3.63) is 78.7 Å². The number of aromatic nitrogens is 1. The van der Waals surface area contributed by atoms with Crippen LogP contribution in [-0.4, -0.2) is 54.5 Å². The van der Waals surface area contributed by atoms with Crippen LogP contribution >= 0.6 is 0 Å². The van der Waals surface area contributed by atoms with E-state index in [1.807, 2.05) is 12.1 Å². The number of hydrogen-bond donors (Lipinski definition) is 2. The first kappa shape index (κ1) is 28.3. The van der Waals surface area contributed by atoms with Crippen molar-refractivity contribution in [3.63, 3.8) is 0 Å². The molecule has 0 bridgehead atoms. The minimum atomic E-state index is -1.15. The number of urea groups is 1. The standard InChI is InChI=1S/C31H30FN5O5/c1-18(2)36-17-24(30(39)37(31(36)40)22-11-5-19(32)6-12-22)29(38)35-21-9-7-20(8-10-21)34-25-13-14-33-26-16-28(42-4)27(41-3)15-23(25)26/h5-16,18,24H,17H2,1-4H3,(H,33,34)(H,35,38). The molecule has 4 aromatic rings. The van der Waals surface area contributed by atoms with Gasteiger partial charge in [0.05, 0.1) is 25.4 Å². The predicted molar refractivity (Wildman–Crippen MR) is 158 cm³/mol. The van der Waals surface area contributed by atoms with Gasteiger partial charge in [0.1, 0.15) is 11.7 Å². The Morgan fingerprint density at radius 2 is 1.60 bits per heavy atom. The monoisotopic (exact) mass is 571 g/mol. The molecule has 42 heavy (non-hydrogen) atoms. The third-order valence-corrected chi connectivity index (χ3v) is 7.04. The van der Waals surface area contributed by atoms with Gasteiger partial charge in [0, 0.05) is 47.3 Å². The number of carbonyl (C=O) groups is 3. The number of benzene rings is 3. The largest absolute Gasteiger partial charge is 0.493 e. The fraction of sp³-hybridized carbons (Fsp3) is 0.226. The average Bonchev–Trinajstić information content (AvgIpc) is 2.98. The summed E-state index contributed by atoms with van der Waals surface area (Å²) < 4.78 is 24.3. The second-order valence-corrected chi connectivity index (χ2v) is 10.0. The van der Waals surface area contributed by atoms with E-state index in [1.165, 1.54) is 17.0 Å². The van der Waals surface area contributed by atoms with Crippen molar-refractivity contribution in [3.8, 4) is 11.5 Å². The summed E-state index contributed by atoms with van der Waals surface area (Å²) in [5.74, 6) is -1.72. The number of pyridine rings is 1. The first-order valence-corrected chi connectivity index (χ1v) is 13.3. The smallest absolute Gasteiger partial charge is 0.331 e. The van der Waals surface area contributed by atoms with Crippen LogP contribution < -0.4 is 25.0 Å². The van der Waals surface area contributed by atoms with Crippen LogP contribution in [0, 0.1) is 11.7 Å². The summed E-state index contributed by atoms with van der Waals surface area (Å²) in [6.07, 6.45) is 1.69. The lowest BCUT2D eigenvalue weighted by Gasteiger charge is -2.39.